The second-order valence-electron chi connectivity index (χ2n) is 5.01. The van der Waals surface area contributed by atoms with Crippen LogP contribution < -0.4 is 16.4 Å². The van der Waals surface area contributed by atoms with Gasteiger partial charge in [0.05, 0.1) is 0 Å². The third kappa shape index (κ3) is 5.63. The molecule has 7 heteroatoms. The van der Waals surface area contributed by atoms with Gasteiger partial charge in [0, 0.05) is 31.8 Å². The van der Waals surface area contributed by atoms with Gasteiger partial charge in [-0.2, -0.15) is 0 Å². The normalized spacial score (nSPS) is 16.7. The maximum atomic E-state index is 12.0. The summed E-state index contributed by atoms with van der Waals surface area (Å²) in [6.45, 7) is 1.40. The van der Waals surface area contributed by atoms with Gasteiger partial charge in [-0.25, -0.2) is 0 Å². The molecule has 1 saturated heterocycles. The molecule has 1 aromatic carbocycles. The topological polar surface area (TPSA) is 93.5 Å². The molecule has 6 nitrogen and oxygen atoms in total. The summed E-state index contributed by atoms with van der Waals surface area (Å²) in [4.78, 5) is 23.3. The Morgan fingerprint density at radius 3 is 2.86 bits per heavy atom. The monoisotopic (exact) mass is 327 g/mol. The lowest BCUT2D eigenvalue weighted by Gasteiger charge is -2.11. The molecule has 2 rings (SSSR count). The van der Waals surface area contributed by atoms with E-state index in [-0.39, 0.29) is 30.3 Å². The van der Waals surface area contributed by atoms with Crippen molar-refractivity contribution >= 4 is 29.9 Å². The van der Waals surface area contributed by atoms with Crippen molar-refractivity contribution in [2.75, 3.05) is 18.5 Å². The van der Waals surface area contributed by atoms with Crippen LogP contribution in [0.15, 0.2) is 24.3 Å². The van der Waals surface area contributed by atoms with Crippen molar-refractivity contribution in [2.24, 2.45) is 5.73 Å². The van der Waals surface area contributed by atoms with E-state index < -0.39 is 0 Å². The first-order valence-electron chi connectivity index (χ1n) is 7.17. The lowest BCUT2D eigenvalue weighted by atomic mass is 10.2. The largest absolute Gasteiger partial charge is 0.368 e. The summed E-state index contributed by atoms with van der Waals surface area (Å²) < 4.78 is 5.34. The number of nitrogens with one attached hydrogen (secondary N) is 2. The standard InChI is InChI=1S/C15H21N3O3.ClH/c16-7-6-14(19)17-10-11-3-1-4-12(9-11)18-15(20)13-5-2-8-21-13;/h1,3-4,9,13H,2,5-8,10,16H2,(H,17,19)(H,18,20);1H. The lowest BCUT2D eigenvalue weighted by molar-refractivity contribution is -0.124. The van der Waals surface area contributed by atoms with Gasteiger partial charge in [0.2, 0.25) is 5.91 Å². The first-order valence-corrected chi connectivity index (χ1v) is 7.17. The van der Waals surface area contributed by atoms with Crippen LogP contribution in [-0.4, -0.2) is 31.1 Å². The molecule has 1 unspecified atom stereocenters. The molecule has 0 aliphatic carbocycles. The fraction of sp³-hybridized carbons (Fsp3) is 0.467. The van der Waals surface area contributed by atoms with Crippen LogP contribution >= 0.6 is 12.4 Å². The number of hydrogen-bond donors (Lipinski definition) is 3. The maximum absolute atomic E-state index is 12.0. The Kier molecular flexibility index (Phi) is 7.87. The molecule has 0 saturated carbocycles. The minimum absolute atomic E-state index is 0. The zero-order valence-electron chi connectivity index (χ0n) is 12.3. The molecule has 1 heterocycles. The molecule has 4 N–H and O–H groups in total. The molecule has 0 radical (unpaired) electrons. The van der Waals surface area contributed by atoms with Gasteiger partial charge >= 0.3 is 0 Å². The Morgan fingerprint density at radius 2 is 2.18 bits per heavy atom. The van der Waals surface area contributed by atoms with Crippen molar-refractivity contribution in [3.8, 4) is 0 Å². The van der Waals surface area contributed by atoms with E-state index in [0.29, 0.717) is 31.8 Å². The summed E-state index contributed by atoms with van der Waals surface area (Å²) in [5, 5.41) is 5.62. The SMILES string of the molecule is Cl.NCCC(=O)NCc1cccc(NC(=O)C2CCCO2)c1. The van der Waals surface area contributed by atoms with Crippen molar-refractivity contribution in [2.45, 2.75) is 31.9 Å². The number of benzene rings is 1. The van der Waals surface area contributed by atoms with E-state index in [9.17, 15) is 9.59 Å². The number of amides is 2. The van der Waals surface area contributed by atoms with Crippen molar-refractivity contribution in [3.05, 3.63) is 29.8 Å². The summed E-state index contributed by atoms with van der Waals surface area (Å²) in [6, 6.07) is 7.40. The van der Waals surface area contributed by atoms with Gasteiger partial charge in [0.25, 0.3) is 5.91 Å². The lowest BCUT2D eigenvalue weighted by Crippen LogP contribution is -2.27. The Labute approximate surface area is 136 Å². The van der Waals surface area contributed by atoms with Crippen molar-refractivity contribution < 1.29 is 14.3 Å². The number of carbonyl (C=O) groups is 2. The average Bonchev–Trinajstić information content (AvgIpc) is 3.00. The Balaban J connectivity index is 0.00000242. The fourth-order valence-corrected chi connectivity index (χ4v) is 2.19. The molecule has 1 aliphatic heterocycles. The van der Waals surface area contributed by atoms with Crippen molar-refractivity contribution in [1.82, 2.24) is 5.32 Å². The average molecular weight is 328 g/mol. The second-order valence-corrected chi connectivity index (χ2v) is 5.01. The highest BCUT2D eigenvalue weighted by molar-refractivity contribution is 5.94. The summed E-state index contributed by atoms with van der Waals surface area (Å²) in [5.41, 5.74) is 6.95. The van der Waals surface area contributed by atoms with E-state index >= 15 is 0 Å². The molecule has 122 valence electrons. The van der Waals surface area contributed by atoms with E-state index in [1.807, 2.05) is 24.3 Å². The number of carbonyl (C=O) groups excluding carboxylic acids is 2. The third-order valence-electron chi connectivity index (χ3n) is 3.28. The van der Waals surface area contributed by atoms with Gasteiger partial charge < -0.3 is 21.1 Å². The molecule has 22 heavy (non-hydrogen) atoms. The smallest absolute Gasteiger partial charge is 0.253 e. The predicted molar refractivity (Wildman–Crippen MR) is 86.8 cm³/mol. The van der Waals surface area contributed by atoms with Gasteiger partial charge in [-0.3, -0.25) is 9.59 Å². The van der Waals surface area contributed by atoms with Crippen molar-refractivity contribution in [1.29, 1.82) is 0 Å². The highest BCUT2D eigenvalue weighted by atomic mass is 35.5. The number of anilines is 1. The van der Waals surface area contributed by atoms with Crippen LogP contribution in [0.1, 0.15) is 24.8 Å². The molecule has 0 aromatic heterocycles. The highest BCUT2D eigenvalue weighted by Crippen LogP contribution is 2.16. The van der Waals surface area contributed by atoms with E-state index in [2.05, 4.69) is 10.6 Å². The number of ether oxygens (including phenoxy) is 1. The molecule has 1 atom stereocenters. The van der Waals surface area contributed by atoms with E-state index in [4.69, 9.17) is 10.5 Å². The summed E-state index contributed by atoms with van der Waals surface area (Å²) in [5.74, 6) is -0.192. The van der Waals surface area contributed by atoms with Crippen LogP contribution in [0.2, 0.25) is 0 Å². The van der Waals surface area contributed by atoms with Crippen LogP contribution in [0.25, 0.3) is 0 Å². The van der Waals surface area contributed by atoms with Crippen LogP contribution in [0.4, 0.5) is 5.69 Å². The summed E-state index contributed by atoms with van der Waals surface area (Å²) >= 11 is 0. The first-order chi connectivity index (χ1) is 10.2. The molecule has 1 aliphatic rings. The highest BCUT2D eigenvalue weighted by Gasteiger charge is 2.23. The zero-order valence-corrected chi connectivity index (χ0v) is 13.2. The van der Waals surface area contributed by atoms with E-state index in [1.54, 1.807) is 0 Å². The van der Waals surface area contributed by atoms with E-state index in [1.165, 1.54) is 0 Å². The van der Waals surface area contributed by atoms with Crippen LogP contribution in [-0.2, 0) is 20.9 Å². The summed E-state index contributed by atoms with van der Waals surface area (Å²) in [6.07, 6.45) is 1.65. The minimum atomic E-state index is -0.349. The van der Waals surface area contributed by atoms with E-state index in [0.717, 1.165) is 18.4 Å². The predicted octanol–water partition coefficient (Wildman–Crippen LogP) is 1.19. The summed E-state index contributed by atoms with van der Waals surface area (Å²) in [7, 11) is 0. The quantitative estimate of drug-likeness (QED) is 0.731. The number of nitrogens with two attached hydrogens (primary N) is 1. The Morgan fingerprint density at radius 1 is 1.36 bits per heavy atom. The van der Waals surface area contributed by atoms with Crippen LogP contribution in [0.5, 0.6) is 0 Å². The molecular weight excluding hydrogens is 306 g/mol. The molecule has 1 aromatic rings. The maximum Gasteiger partial charge on any atom is 0.253 e. The molecule has 0 bridgehead atoms. The zero-order chi connectivity index (χ0) is 15.1. The molecular formula is C15H22ClN3O3. The van der Waals surface area contributed by atoms with Gasteiger partial charge in [-0.05, 0) is 30.5 Å². The van der Waals surface area contributed by atoms with Gasteiger partial charge in [0.1, 0.15) is 6.10 Å². The number of hydrogen-bond acceptors (Lipinski definition) is 4. The first kappa shape index (κ1) is 18.4. The van der Waals surface area contributed by atoms with Gasteiger partial charge in [-0.1, -0.05) is 12.1 Å². The van der Waals surface area contributed by atoms with Crippen LogP contribution in [0.3, 0.4) is 0 Å². The Hall–Kier alpha value is -1.63. The second kappa shape index (κ2) is 9.40. The fourth-order valence-electron chi connectivity index (χ4n) is 2.19. The van der Waals surface area contributed by atoms with Gasteiger partial charge in [-0.15, -0.1) is 12.4 Å². The molecule has 1 fully saturated rings. The number of halogens is 1. The van der Waals surface area contributed by atoms with Crippen LogP contribution in [0, 0.1) is 0 Å². The third-order valence-corrected chi connectivity index (χ3v) is 3.28. The van der Waals surface area contributed by atoms with Gasteiger partial charge in [0.15, 0.2) is 0 Å². The molecule has 0 spiro atoms. The minimum Gasteiger partial charge on any atom is -0.368 e. The molecule has 2 amide bonds. The Bertz CT molecular complexity index is 505. The number of rotatable bonds is 6. The van der Waals surface area contributed by atoms with Crippen molar-refractivity contribution in [3.63, 3.8) is 0 Å².